The highest BCUT2D eigenvalue weighted by Crippen LogP contribution is 2.26. The Kier molecular flexibility index (Phi) is 3.11. The Hall–Kier alpha value is -0.820. The predicted molar refractivity (Wildman–Crippen MR) is 65.1 cm³/mol. The first-order valence-corrected chi connectivity index (χ1v) is 6.06. The van der Waals surface area contributed by atoms with Gasteiger partial charge in [0, 0.05) is 6.04 Å². The third-order valence-corrected chi connectivity index (χ3v) is 3.69. The van der Waals surface area contributed by atoms with E-state index >= 15 is 0 Å². The van der Waals surface area contributed by atoms with Crippen LogP contribution in [-0.2, 0) is 12.8 Å². The lowest BCUT2D eigenvalue weighted by molar-refractivity contribution is 0.609. The summed E-state index contributed by atoms with van der Waals surface area (Å²) in [5.74, 6) is 0.470. The molecule has 0 saturated carbocycles. The van der Waals surface area contributed by atoms with Crippen molar-refractivity contribution in [3.05, 3.63) is 34.9 Å². The molecule has 0 aromatic heterocycles. The standard InChI is InChI=1S/C14H21N/c1-10(11(2)15)13-8-7-12-5-3-4-6-14(12)9-13/h7-11H,3-6,15H2,1-2H3. The lowest BCUT2D eigenvalue weighted by Crippen LogP contribution is -2.22. The molecule has 0 fully saturated rings. The van der Waals surface area contributed by atoms with Crippen LogP contribution in [0.1, 0.15) is 49.3 Å². The molecule has 2 N–H and O–H groups in total. The molecule has 0 spiro atoms. The number of benzene rings is 1. The van der Waals surface area contributed by atoms with E-state index in [4.69, 9.17) is 5.73 Å². The zero-order valence-electron chi connectivity index (χ0n) is 9.79. The van der Waals surface area contributed by atoms with Crippen LogP contribution in [0.2, 0.25) is 0 Å². The van der Waals surface area contributed by atoms with E-state index in [1.807, 2.05) is 0 Å². The molecule has 2 rings (SSSR count). The van der Waals surface area contributed by atoms with Gasteiger partial charge in [0.05, 0.1) is 0 Å². The van der Waals surface area contributed by atoms with Gasteiger partial charge in [0.1, 0.15) is 0 Å². The van der Waals surface area contributed by atoms with Crippen LogP contribution in [0.3, 0.4) is 0 Å². The molecule has 1 aliphatic rings. The zero-order chi connectivity index (χ0) is 10.8. The first kappa shape index (κ1) is 10.7. The van der Waals surface area contributed by atoms with Crippen molar-refractivity contribution in [1.29, 1.82) is 0 Å². The lowest BCUT2D eigenvalue weighted by Gasteiger charge is -2.21. The van der Waals surface area contributed by atoms with Crippen LogP contribution in [-0.4, -0.2) is 6.04 Å². The number of nitrogens with two attached hydrogens (primary N) is 1. The van der Waals surface area contributed by atoms with Gasteiger partial charge in [-0.3, -0.25) is 0 Å². The van der Waals surface area contributed by atoms with Gasteiger partial charge in [-0.15, -0.1) is 0 Å². The molecule has 0 heterocycles. The highest BCUT2D eigenvalue weighted by atomic mass is 14.6. The maximum atomic E-state index is 5.94. The first-order chi connectivity index (χ1) is 7.18. The molecule has 2 unspecified atom stereocenters. The summed E-state index contributed by atoms with van der Waals surface area (Å²) in [5, 5.41) is 0. The van der Waals surface area contributed by atoms with Crippen LogP contribution in [0.4, 0.5) is 0 Å². The Bertz CT molecular complexity index is 341. The number of aryl methyl sites for hydroxylation is 2. The highest BCUT2D eigenvalue weighted by Gasteiger charge is 2.14. The summed E-state index contributed by atoms with van der Waals surface area (Å²) in [6.07, 6.45) is 5.23. The molecule has 1 aliphatic carbocycles. The third kappa shape index (κ3) is 2.23. The average Bonchev–Trinajstić information content (AvgIpc) is 2.27. The fourth-order valence-electron chi connectivity index (χ4n) is 2.34. The highest BCUT2D eigenvalue weighted by molar-refractivity contribution is 5.35. The monoisotopic (exact) mass is 203 g/mol. The van der Waals surface area contributed by atoms with Crippen molar-refractivity contribution in [2.24, 2.45) is 5.73 Å². The molecular weight excluding hydrogens is 182 g/mol. The van der Waals surface area contributed by atoms with Crippen LogP contribution in [0.5, 0.6) is 0 Å². The summed E-state index contributed by atoms with van der Waals surface area (Å²) in [6, 6.07) is 7.19. The Labute approximate surface area is 92.7 Å². The predicted octanol–water partition coefficient (Wildman–Crippen LogP) is 3.02. The molecule has 15 heavy (non-hydrogen) atoms. The van der Waals surface area contributed by atoms with Crippen molar-refractivity contribution >= 4 is 0 Å². The molecule has 1 nitrogen and oxygen atoms in total. The topological polar surface area (TPSA) is 26.0 Å². The maximum absolute atomic E-state index is 5.94. The van der Waals surface area contributed by atoms with E-state index in [-0.39, 0.29) is 6.04 Å². The third-order valence-electron chi connectivity index (χ3n) is 3.69. The normalized spacial score (nSPS) is 19.4. The van der Waals surface area contributed by atoms with E-state index in [1.54, 1.807) is 11.1 Å². The lowest BCUT2D eigenvalue weighted by atomic mass is 9.86. The summed E-state index contributed by atoms with van der Waals surface area (Å²) in [6.45, 7) is 4.30. The second-order valence-corrected chi connectivity index (χ2v) is 4.88. The van der Waals surface area contributed by atoms with Gasteiger partial charge in [-0.25, -0.2) is 0 Å². The molecule has 0 amide bonds. The van der Waals surface area contributed by atoms with Gasteiger partial charge in [-0.2, -0.15) is 0 Å². The summed E-state index contributed by atoms with van der Waals surface area (Å²) >= 11 is 0. The van der Waals surface area contributed by atoms with E-state index in [9.17, 15) is 0 Å². The minimum absolute atomic E-state index is 0.242. The second kappa shape index (κ2) is 4.36. The van der Waals surface area contributed by atoms with Crippen molar-refractivity contribution in [2.75, 3.05) is 0 Å². The van der Waals surface area contributed by atoms with E-state index < -0.39 is 0 Å². The molecule has 1 aromatic carbocycles. The van der Waals surface area contributed by atoms with Crippen LogP contribution in [0, 0.1) is 0 Å². The largest absolute Gasteiger partial charge is 0.327 e. The summed E-state index contributed by atoms with van der Waals surface area (Å²) < 4.78 is 0. The van der Waals surface area contributed by atoms with Crippen LogP contribution >= 0.6 is 0 Å². The minimum atomic E-state index is 0.242. The van der Waals surface area contributed by atoms with E-state index in [0.29, 0.717) is 5.92 Å². The van der Waals surface area contributed by atoms with Gasteiger partial charge in [0.15, 0.2) is 0 Å². The molecule has 0 saturated heterocycles. The molecule has 2 atom stereocenters. The molecule has 1 aromatic rings. The Morgan fingerprint density at radius 2 is 1.73 bits per heavy atom. The fourth-order valence-corrected chi connectivity index (χ4v) is 2.34. The van der Waals surface area contributed by atoms with Crippen LogP contribution in [0.25, 0.3) is 0 Å². The minimum Gasteiger partial charge on any atom is -0.327 e. The van der Waals surface area contributed by atoms with Gasteiger partial charge in [0.25, 0.3) is 0 Å². The van der Waals surface area contributed by atoms with Crippen molar-refractivity contribution in [1.82, 2.24) is 0 Å². The molecular formula is C14H21N. The molecule has 0 radical (unpaired) electrons. The van der Waals surface area contributed by atoms with Gasteiger partial charge in [0.2, 0.25) is 0 Å². The van der Waals surface area contributed by atoms with Gasteiger partial charge >= 0.3 is 0 Å². The Balaban J connectivity index is 2.27. The fraction of sp³-hybridized carbons (Fsp3) is 0.571. The average molecular weight is 203 g/mol. The Morgan fingerprint density at radius 3 is 2.40 bits per heavy atom. The summed E-state index contributed by atoms with van der Waals surface area (Å²) in [5.41, 5.74) is 10.5. The molecule has 0 aliphatic heterocycles. The Morgan fingerprint density at radius 1 is 1.07 bits per heavy atom. The van der Waals surface area contributed by atoms with E-state index in [1.165, 1.54) is 31.2 Å². The van der Waals surface area contributed by atoms with Crippen molar-refractivity contribution in [2.45, 2.75) is 51.5 Å². The SMILES string of the molecule is CC(N)C(C)c1ccc2c(c1)CCCC2. The van der Waals surface area contributed by atoms with Gasteiger partial charge in [-0.1, -0.05) is 25.1 Å². The summed E-state index contributed by atoms with van der Waals surface area (Å²) in [4.78, 5) is 0. The summed E-state index contributed by atoms with van der Waals surface area (Å²) in [7, 11) is 0. The second-order valence-electron chi connectivity index (χ2n) is 4.88. The van der Waals surface area contributed by atoms with Crippen LogP contribution in [0.15, 0.2) is 18.2 Å². The van der Waals surface area contributed by atoms with E-state index in [0.717, 1.165) is 0 Å². The maximum Gasteiger partial charge on any atom is 0.00766 e. The first-order valence-electron chi connectivity index (χ1n) is 6.06. The van der Waals surface area contributed by atoms with Gasteiger partial charge < -0.3 is 5.73 Å². The number of hydrogen-bond acceptors (Lipinski definition) is 1. The van der Waals surface area contributed by atoms with Crippen molar-refractivity contribution < 1.29 is 0 Å². The molecule has 82 valence electrons. The van der Waals surface area contributed by atoms with E-state index in [2.05, 4.69) is 32.0 Å². The quantitative estimate of drug-likeness (QED) is 0.785. The zero-order valence-corrected chi connectivity index (χ0v) is 9.79. The molecule has 0 bridgehead atoms. The number of hydrogen-bond donors (Lipinski definition) is 1. The van der Waals surface area contributed by atoms with Crippen LogP contribution < -0.4 is 5.73 Å². The number of rotatable bonds is 2. The molecule has 1 heteroatoms. The van der Waals surface area contributed by atoms with Crippen molar-refractivity contribution in [3.63, 3.8) is 0 Å². The van der Waals surface area contributed by atoms with Gasteiger partial charge in [-0.05, 0) is 55.2 Å². The number of fused-ring (bicyclic) bond motifs is 1. The van der Waals surface area contributed by atoms with Crippen molar-refractivity contribution in [3.8, 4) is 0 Å². The smallest absolute Gasteiger partial charge is 0.00766 e.